The lowest BCUT2D eigenvalue weighted by Crippen LogP contribution is -2.13. The molecule has 0 atom stereocenters. The predicted molar refractivity (Wildman–Crippen MR) is 84.8 cm³/mol. The summed E-state index contributed by atoms with van der Waals surface area (Å²) in [5.74, 6) is -1.20. The van der Waals surface area contributed by atoms with Crippen LogP contribution in [-0.2, 0) is 23.8 Å². The zero-order valence-electron chi connectivity index (χ0n) is 13.5. The molecule has 0 radical (unpaired) electrons. The molecule has 8 nitrogen and oxygen atoms in total. The normalized spacial score (nSPS) is 11.6. The molecule has 0 amide bonds. The van der Waals surface area contributed by atoms with Gasteiger partial charge in [-0.25, -0.2) is 4.79 Å². The highest BCUT2D eigenvalue weighted by Gasteiger charge is 2.19. The van der Waals surface area contributed by atoms with Gasteiger partial charge in [0.2, 0.25) is 0 Å². The van der Waals surface area contributed by atoms with Gasteiger partial charge < -0.3 is 14.2 Å². The summed E-state index contributed by atoms with van der Waals surface area (Å²) in [5, 5.41) is 10.6. The second-order valence-electron chi connectivity index (χ2n) is 4.47. The van der Waals surface area contributed by atoms with E-state index in [1.165, 1.54) is 39.5 Å². The first-order chi connectivity index (χ1) is 11.4. The van der Waals surface area contributed by atoms with Crippen LogP contribution < -0.4 is 0 Å². The third-order valence-electron chi connectivity index (χ3n) is 3.03. The molecular weight excluding hydrogens is 318 g/mol. The van der Waals surface area contributed by atoms with E-state index in [1.807, 2.05) is 0 Å². The molecule has 1 aromatic rings. The summed E-state index contributed by atoms with van der Waals surface area (Å²) in [5.41, 5.74) is 0.623. The van der Waals surface area contributed by atoms with Crippen LogP contribution >= 0.6 is 0 Å². The van der Waals surface area contributed by atoms with E-state index in [2.05, 4.69) is 9.47 Å². The maximum Gasteiger partial charge on any atom is 0.338 e. The zero-order chi connectivity index (χ0) is 18.1. The van der Waals surface area contributed by atoms with Gasteiger partial charge in [0.25, 0.3) is 5.69 Å². The maximum absolute atomic E-state index is 11.8. The predicted octanol–water partition coefficient (Wildman–Crippen LogP) is 2.24. The molecule has 24 heavy (non-hydrogen) atoms. The average molecular weight is 335 g/mol. The molecule has 0 N–H and O–H groups in total. The number of allylic oxidation sites excluding steroid dienone is 1. The van der Waals surface area contributed by atoms with Crippen LogP contribution in [0.3, 0.4) is 0 Å². The minimum absolute atomic E-state index is 0.00464. The van der Waals surface area contributed by atoms with E-state index in [9.17, 15) is 19.7 Å². The van der Waals surface area contributed by atoms with E-state index in [0.717, 1.165) is 0 Å². The number of ether oxygens (including phenoxy) is 3. The van der Waals surface area contributed by atoms with Crippen LogP contribution in [0.2, 0.25) is 0 Å². The van der Waals surface area contributed by atoms with Gasteiger partial charge in [-0.2, -0.15) is 0 Å². The van der Waals surface area contributed by atoms with Crippen molar-refractivity contribution in [3.63, 3.8) is 0 Å². The van der Waals surface area contributed by atoms with Crippen LogP contribution in [0, 0.1) is 10.1 Å². The van der Waals surface area contributed by atoms with Crippen molar-refractivity contribution in [1.82, 2.24) is 0 Å². The van der Waals surface area contributed by atoms with Crippen molar-refractivity contribution in [3.05, 3.63) is 57.4 Å². The Hall–Kier alpha value is -3.16. The molecule has 1 aromatic carbocycles. The lowest BCUT2D eigenvalue weighted by atomic mass is 10.1. The van der Waals surface area contributed by atoms with Crippen molar-refractivity contribution < 1.29 is 28.7 Å². The summed E-state index contributed by atoms with van der Waals surface area (Å²) in [7, 11) is 3.74. The van der Waals surface area contributed by atoms with E-state index in [1.54, 1.807) is 18.2 Å². The summed E-state index contributed by atoms with van der Waals surface area (Å²) >= 11 is 0. The van der Waals surface area contributed by atoms with Crippen molar-refractivity contribution in [1.29, 1.82) is 0 Å². The Morgan fingerprint density at radius 1 is 1.08 bits per heavy atom. The van der Waals surface area contributed by atoms with Gasteiger partial charge in [-0.1, -0.05) is 6.08 Å². The number of esters is 2. The third-order valence-corrected chi connectivity index (χ3v) is 3.03. The van der Waals surface area contributed by atoms with E-state index in [0.29, 0.717) is 5.56 Å². The molecule has 0 unspecified atom stereocenters. The Kier molecular flexibility index (Phi) is 7.15. The van der Waals surface area contributed by atoms with Gasteiger partial charge in [0.1, 0.15) is 5.76 Å². The fourth-order valence-electron chi connectivity index (χ4n) is 1.77. The number of nitrogens with zero attached hydrogens (tertiary/aromatic N) is 1. The molecule has 0 saturated heterocycles. The molecule has 0 heterocycles. The van der Waals surface area contributed by atoms with E-state index in [-0.39, 0.29) is 23.4 Å². The molecule has 0 saturated carbocycles. The number of carbonyl (C=O) groups is 2. The van der Waals surface area contributed by atoms with E-state index in [4.69, 9.17) is 4.74 Å². The van der Waals surface area contributed by atoms with Crippen molar-refractivity contribution in [3.8, 4) is 0 Å². The number of hydrogen-bond donors (Lipinski definition) is 0. The van der Waals surface area contributed by atoms with Crippen molar-refractivity contribution in [2.45, 2.75) is 6.42 Å². The van der Waals surface area contributed by atoms with Crippen molar-refractivity contribution >= 4 is 23.7 Å². The second kappa shape index (κ2) is 9.09. The summed E-state index contributed by atoms with van der Waals surface area (Å²) in [6.07, 6.45) is 2.75. The number of methoxy groups -OCH3 is 3. The number of carbonyl (C=O) groups excluding carboxylic acids is 2. The molecular formula is C16H17NO7. The molecule has 0 aromatic heterocycles. The fourth-order valence-corrected chi connectivity index (χ4v) is 1.77. The molecule has 8 heteroatoms. The summed E-state index contributed by atoms with van der Waals surface area (Å²) < 4.78 is 14.3. The number of non-ortho nitro benzene ring substituents is 1. The van der Waals surface area contributed by atoms with Gasteiger partial charge in [-0.15, -0.1) is 0 Å². The number of rotatable bonds is 7. The third kappa shape index (κ3) is 5.24. The monoisotopic (exact) mass is 335 g/mol. The largest absolute Gasteiger partial charge is 0.496 e. The van der Waals surface area contributed by atoms with Crippen LogP contribution in [-0.4, -0.2) is 38.2 Å². The first-order valence-electron chi connectivity index (χ1n) is 6.77. The molecule has 128 valence electrons. The highest BCUT2D eigenvalue weighted by molar-refractivity contribution is 5.94. The fraction of sp³-hybridized carbons (Fsp3) is 0.250. The minimum Gasteiger partial charge on any atom is -0.496 e. The molecule has 0 bridgehead atoms. The van der Waals surface area contributed by atoms with E-state index >= 15 is 0 Å². The highest BCUT2D eigenvalue weighted by Crippen LogP contribution is 2.17. The molecule has 0 spiro atoms. The zero-order valence-corrected chi connectivity index (χ0v) is 13.5. The van der Waals surface area contributed by atoms with E-state index < -0.39 is 16.9 Å². The van der Waals surface area contributed by atoms with Gasteiger partial charge in [-0.05, 0) is 23.8 Å². The smallest absolute Gasteiger partial charge is 0.338 e. The first kappa shape index (κ1) is 18.9. The Bertz CT molecular complexity index is 674. The summed E-state index contributed by atoms with van der Waals surface area (Å²) in [6.45, 7) is 0. The molecule has 0 fully saturated rings. The van der Waals surface area contributed by atoms with Crippen LogP contribution in [0.25, 0.3) is 6.08 Å². The summed E-state index contributed by atoms with van der Waals surface area (Å²) in [6, 6.07) is 5.79. The number of nitro benzene ring substituents is 1. The highest BCUT2D eigenvalue weighted by atomic mass is 16.6. The number of benzene rings is 1. The molecule has 1 rings (SSSR count). The topological polar surface area (TPSA) is 105 Å². The molecule has 0 aliphatic carbocycles. The quantitative estimate of drug-likeness (QED) is 0.188. The van der Waals surface area contributed by atoms with Gasteiger partial charge in [0.15, 0.2) is 0 Å². The van der Waals surface area contributed by atoms with Crippen LogP contribution in [0.5, 0.6) is 0 Å². The van der Waals surface area contributed by atoms with Gasteiger partial charge in [0, 0.05) is 12.1 Å². The molecule has 0 aliphatic rings. The SMILES string of the molecule is COC(=O)C/C(C(=O)OC)=C(/C=C/c1ccc([N+](=O)[O-])cc1)OC. The lowest BCUT2D eigenvalue weighted by molar-refractivity contribution is -0.384. The van der Waals surface area contributed by atoms with Crippen LogP contribution in [0.15, 0.2) is 41.7 Å². The molecule has 0 aliphatic heterocycles. The van der Waals surface area contributed by atoms with Crippen molar-refractivity contribution in [2.24, 2.45) is 0 Å². The van der Waals surface area contributed by atoms with Crippen LogP contribution in [0.4, 0.5) is 5.69 Å². The van der Waals surface area contributed by atoms with Crippen molar-refractivity contribution in [2.75, 3.05) is 21.3 Å². The Labute approximate surface area is 138 Å². The maximum atomic E-state index is 11.8. The Morgan fingerprint density at radius 3 is 2.17 bits per heavy atom. The average Bonchev–Trinajstić information content (AvgIpc) is 2.60. The Morgan fingerprint density at radius 2 is 1.71 bits per heavy atom. The number of hydrogen-bond acceptors (Lipinski definition) is 7. The minimum atomic E-state index is -0.717. The number of nitro groups is 1. The first-order valence-corrected chi connectivity index (χ1v) is 6.77. The van der Waals surface area contributed by atoms with Gasteiger partial charge in [0.05, 0.1) is 38.2 Å². The summed E-state index contributed by atoms with van der Waals surface area (Å²) in [4.78, 5) is 33.4. The van der Waals surface area contributed by atoms with Crippen LogP contribution in [0.1, 0.15) is 12.0 Å². The standard InChI is InChI=1S/C16H17NO7/c1-22-14(13(16(19)24-3)10-15(18)23-2)9-6-11-4-7-12(8-5-11)17(20)21/h4-9H,10H2,1-3H3/b9-6+,14-13+. The van der Waals surface area contributed by atoms with Gasteiger partial charge in [-0.3, -0.25) is 14.9 Å². The second-order valence-corrected chi connectivity index (χ2v) is 4.47. The Balaban J connectivity index is 3.12. The van der Waals surface area contributed by atoms with Gasteiger partial charge >= 0.3 is 11.9 Å². The lowest BCUT2D eigenvalue weighted by Gasteiger charge is -2.09.